The number of hydrogen-bond donors (Lipinski definition) is 1. The van der Waals surface area contributed by atoms with E-state index in [1.165, 1.54) is 12.1 Å². The van der Waals surface area contributed by atoms with Gasteiger partial charge in [0.25, 0.3) is 0 Å². The van der Waals surface area contributed by atoms with Crippen molar-refractivity contribution in [2.75, 3.05) is 6.61 Å². The van der Waals surface area contributed by atoms with E-state index in [0.29, 0.717) is 12.1 Å². The molecular weight excluding hydrogens is 254 g/mol. The van der Waals surface area contributed by atoms with Gasteiger partial charge < -0.3 is 23.9 Å². The molecule has 1 aromatic carbocycles. The van der Waals surface area contributed by atoms with Crippen LogP contribution in [0.4, 0.5) is 4.39 Å². The highest BCUT2D eigenvalue weighted by molar-refractivity contribution is 6.61. The third-order valence-corrected chi connectivity index (χ3v) is 3.75. The van der Waals surface area contributed by atoms with Gasteiger partial charge in [-0.15, -0.1) is 0 Å². The van der Waals surface area contributed by atoms with E-state index in [1.54, 1.807) is 12.1 Å². The summed E-state index contributed by atoms with van der Waals surface area (Å²) in [6.45, 7) is 0.391. The number of benzene rings is 1. The summed E-state index contributed by atoms with van der Waals surface area (Å²) in [5, 5.41) is 10.1. The maximum Gasteiger partial charge on any atom is 0.494 e. The van der Waals surface area contributed by atoms with E-state index in [9.17, 15) is 9.50 Å². The summed E-state index contributed by atoms with van der Waals surface area (Å²) in [5.41, 5.74) is 0.713. The molecule has 3 fully saturated rings. The molecule has 3 aliphatic heterocycles. The van der Waals surface area contributed by atoms with E-state index >= 15 is 0 Å². The van der Waals surface area contributed by atoms with Crippen LogP contribution >= 0.6 is 0 Å². The van der Waals surface area contributed by atoms with Crippen molar-refractivity contribution in [2.24, 2.45) is 0 Å². The van der Waals surface area contributed by atoms with Crippen LogP contribution in [-0.2, 0) is 18.8 Å². The lowest BCUT2D eigenvalue weighted by molar-refractivity contribution is -0.243. The van der Waals surface area contributed by atoms with Crippen LogP contribution in [0.2, 0.25) is 0 Å². The lowest BCUT2D eigenvalue weighted by Gasteiger charge is -2.44. The van der Waals surface area contributed by atoms with E-state index in [4.69, 9.17) is 18.8 Å². The molecule has 3 saturated heterocycles. The Balaban J connectivity index is 1.62. The third-order valence-electron chi connectivity index (χ3n) is 3.75. The van der Waals surface area contributed by atoms with E-state index in [2.05, 4.69) is 0 Å². The van der Waals surface area contributed by atoms with Gasteiger partial charge in [-0.1, -0.05) is 12.1 Å². The van der Waals surface area contributed by atoms with Gasteiger partial charge in [-0.05, 0) is 17.6 Å². The zero-order chi connectivity index (χ0) is 13.0. The Morgan fingerprint density at radius 2 is 1.89 bits per heavy atom. The van der Waals surface area contributed by atoms with Gasteiger partial charge in [0.2, 0.25) is 0 Å². The Bertz CT molecular complexity index is 464. The normalized spacial score (nSPS) is 40.5. The molecule has 7 heteroatoms. The molecule has 4 bridgehead atoms. The number of fused-ring (bicyclic) bond motifs is 6. The predicted octanol–water partition coefficient (Wildman–Crippen LogP) is -0.579. The van der Waals surface area contributed by atoms with Crippen molar-refractivity contribution < 1.29 is 28.3 Å². The highest BCUT2D eigenvalue weighted by atomic mass is 19.1. The molecule has 5 nitrogen and oxygen atoms in total. The highest BCUT2D eigenvalue weighted by Gasteiger charge is 2.56. The fraction of sp³-hybridized carbons (Fsp3) is 0.500. The highest BCUT2D eigenvalue weighted by Crippen LogP contribution is 2.35. The van der Waals surface area contributed by atoms with Crippen LogP contribution in [0.5, 0.6) is 0 Å². The quantitative estimate of drug-likeness (QED) is 0.689. The third kappa shape index (κ3) is 1.81. The molecule has 0 saturated carbocycles. The van der Waals surface area contributed by atoms with E-state index in [-0.39, 0.29) is 11.9 Å². The molecular formula is C12H12BFO5. The Morgan fingerprint density at radius 1 is 1.16 bits per heavy atom. The molecule has 5 atom stereocenters. The van der Waals surface area contributed by atoms with Crippen LogP contribution in [0, 0.1) is 5.82 Å². The predicted molar refractivity (Wildman–Crippen MR) is 62.2 cm³/mol. The summed E-state index contributed by atoms with van der Waals surface area (Å²) >= 11 is 0. The fourth-order valence-electron chi connectivity index (χ4n) is 2.76. The number of aliphatic hydroxyl groups excluding tert-OH is 1. The summed E-state index contributed by atoms with van der Waals surface area (Å²) in [7, 11) is -0.630. The molecule has 100 valence electrons. The van der Waals surface area contributed by atoms with Crippen LogP contribution in [-0.4, -0.2) is 49.5 Å². The Morgan fingerprint density at radius 3 is 2.68 bits per heavy atom. The summed E-state index contributed by atoms with van der Waals surface area (Å²) in [6, 6.07) is 5.92. The molecule has 2 unspecified atom stereocenters. The van der Waals surface area contributed by atoms with Crippen molar-refractivity contribution in [2.45, 2.75) is 30.7 Å². The first kappa shape index (κ1) is 11.8. The fourth-order valence-corrected chi connectivity index (χ4v) is 2.76. The second-order valence-electron chi connectivity index (χ2n) is 4.95. The Kier molecular flexibility index (Phi) is 2.65. The minimum atomic E-state index is -0.761. The first-order chi connectivity index (χ1) is 9.22. The van der Waals surface area contributed by atoms with Gasteiger partial charge in [0.1, 0.15) is 30.2 Å². The maximum absolute atomic E-state index is 12.9. The van der Waals surface area contributed by atoms with Gasteiger partial charge in [-0.2, -0.15) is 0 Å². The minimum Gasteiger partial charge on any atom is -0.399 e. The first-order valence-corrected chi connectivity index (χ1v) is 6.24. The zero-order valence-electron chi connectivity index (χ0n) is 9.94. The number of ether oxygens (including phenoxy) is 2. The van der Waals surface area contributed by atoms with Crippen molar-refractivity contribution in [1.82, 2.24) is 0 Å². The zero-order valence-corrected chi connectivity index (χ0v) is 9.94. The van der Waals surface area contributed by atoms with Gasteiger partial charge in [0.15, 0.2) is 6.29 Å². The van der Waals surface area contributed by atoms with Crippen molar-refractivity contribution in [3.05, 3.63) is 30.1 Å². The lowest BCUT2D eigenvalue weighted by atomic mass is 9.75. The van der Waals surface area contributed by atoms with Crippen LogP contribution in [0.3, 0.4) is 0 Å². The SMILES string of the molecule is O[C@@H]1C2OB(c3ccc(F)cc3)OC1[C@H]1CO[C@@H]2O1. The Hall–Kier alpha value is -0.985. The summed E-state index contributed by atoms with van der Waals surface area (Å²) in [5.74, 6) is -0.313. The van der Waals surface area contributed by atoms with Crippen LogP contribution in [0.1, 0.15) is 0 Å². The monoisotopic (exact) mass is 266 g/mol. The van der Waals surface area contributed by atoms with Gasteiger partial charge in [0, 0.05) is 0 Å². The smallest absolute Gasteiger partial charge is 0.399 e. The van der Waals surface area contributed by atoms with Gasteiger partial charge in [0.05, 0.1) is 6.61 Å². The molecule has 0 radical (unpaired) electrons. The number of hydrogen-bond acceptors (Lipinski definition) is 5. The molecule has 3 aliphatic rings. The first-order valence-electron chi connectivity index (χ1n) is 6.24. The summed E-state index contributed by atoms with van der Waals surface area (Å²) < 4.78 is 35.3. The maximum atomic E-state index is 12.9. The molecule has 0 amide bonds. The topological polar surface area (TPSA) is 57.2 Å². The molecule has 0 aliphatic carbocycles. The number of aliphatic hydroxyl groups is 1. The van der Waals surface area contributed by atoms with Crippen LogP contribution in [0.25, 0.3) is 0 Å². The molecule has 0 spiro atoms. The number of rotatable bonds is 1. The van der Waals surface area contributed by atoms with Crippen molar-refractivity contribution in [3.63, 3.8) is 0 Å². The molecule has 19 heavy (non-hydrogen) atoms. The number of halogens is 1. The van der Waals surface area contributed by atoms with Crippen molar-refractivity contribution in [1.29, 1.82) is 0 Å². The molecule has 1 N–H and O–H groups in total. The largest absolute Gasteiger partial charge is 0.494 e. The van der Waals surface area contributed by atoms with E-state index in [1.807, 2.05) is 0 Å². The minimum absolute atomic E-state index is 0.275. The van der Waals surface area contributed by atoms with Crippen LogP contribution < -0.4 is 5.46 Å². The van der Waals surface area contributed by atoms with Crippen molar-refractivity contribution >= 4 is 12.6 Å². The molecule has 3 heterocycles. The average Bonchev–Trinajstić information content (AvgIpc) is 2.86. The molecule has 4 rings (SSSR count). The van der Waals surface area contributed by atoms with Crippen molar-refractivity contribution in [3.8, 4) is 0 Å². The van der Waals surface area contributed by atoms with E-state index in [0.717, 1.165) is 0 Å². The van der Waals surface area contributed by atoms with E-state index < -0.39 is 31.7 Å². The Labute approximate surface area is 109 Å². The average molecular weight is 266 g/mol. The molecule has 0 aromatic heterocycles. The standard InChI is InChI=1S/C12H12BFO5/c14-7-3-1-6(2-4-7)13-18-10-8-5-16-12(17-8)11(19-13)9(10)15/h1-4,8-12,15H,5H2/t8-,9+,10?,11?,12-/m1/s1. The summed E-state index contributed by atoms with van der Waals surface area (Å²) in [4.78, 5) is 0. The van der Waals surface area contributed by atoms with Crippen LogP contribution in [0.15, 0.2) is 24.3 Å². The molecule has 1 aromatic rings. The van der Waals surface area contributed by atoms with Gasteiger partial charge in [-0.3, -0.25) is 0 Å². The second kappa shape index (κ2) is 4.26. The van der Waals surface area contributed by atoms with Gasteiger partial charge in [-0.25, -0.2) is 4.39 Å². The van der Waals surface area contributed by atoms with Gasteiger partial charge >= 0.3 is 7.12 Å². The lowest BCUT2D eigenvalue weighted by Crippen LogP contribution is -2.65. The second-order valence-corrected chi connectivity index (χ2v) is 4.95. The summed E-state index contributed by atoms with van der Waals surface area (Å²) in [6.07, 6.45) is -2.64.